The highest BCUT2D eigenvalue weighted by Gasteiger charge is 2.33. The van der Waals surface area contributed by atoms with Crippen molar-refractivity contribution in [2.45, 2.75) is 57.1 Å². The Kier molecular flexibility index (Phi) is 4.87. The molecule has 2 saturated heterocycles. The molecule has 3 heterocycles. The molecule has 2 aliphatic heterocycles. The van der Waals surface area contributed by atoms with Crippen LogP contribution in [0.25, 0.3) is 0 Å². The molecule has 2 N–H and O–H groups in total. The van der Waals surface area contributed by atoms with Gasteiger partial charge < -0.3 is 19.9 Å². The fourth-order valence-electron chi connectivity index (χ4n) is 3.38. The molecule has 6 heteroatoms. The average molecular weight is 294 g/mol. The lowest BCUT2D eigenvalue weighted by Crippen LogP contribution is -2.36. The Morgan fingerprint density at radius 3 is 2.90 bits per heavy atom. The van der Waals surface area contributed by atoms with Gasteiger partial charge in [-0.2, -0.15) is 4.98 Å². The van der Waals surface area contributed by atoms with Gasteiger partial charge in [-0.25, -0.2) is 0 Å². The van der Waals surface area contributed by atoms with E-state index in [1.807, 2.05) is 0 Å². The summed E-state index contributed by atoms with van der Waals surface area (Å²) in [5.74, 6) is 1.57. The molecule has 0 bridgehead atoms. The molecule has 2 aliphatic rings. The molecule has 3 atom stereocenters. The van der Waals surface area contributed by atoms with Crippen molar-refractivity contribution in [3.05, 3.63) is 11.7 Å². The quantitative estimate of drug-likeness (QED) is 0.893. The molecule has 1 aromatic rings. The van der Waals surface area contributed by atoms with Crippen LogP contribution in [0.5, 0.6) is 0 Å². The predicted octanol–water partition coefficient (Wildman–Crippen LogP) is 1.84. The Bertz CT molecular complexity index is 445. The highest BCUT2D eigenvalue weighted by molar-refractivity contribution is 5.02. The van der Waals surface area contributed by atoms with Crippen molar-refractivity contribution in [2.24, 2.45) is 5.73 Å². The minimum Gasteiger partial charge on any atom is -0.377 e. The molecule has 0 spiro atoms. The molecule has 2 fully saturated rings. The number of piperidine rings is 1. The van der Waals surface area contributed by atoms with Crippen LogP contribution in [0.3, 0.4) is 0 Å². The number of rotatable bonds is 5. The topological polar surface area (TPSA) is 77.4 Å². The van der Waals surface area contributed by atoms with Crippen LogP contribution in [0.4, 0.5) is 0 Å². The van der Waals surface area contributed by atoms with E-state index < -0.39 is 0 Å². The van der Waals surface area contributed by atoms with Crippen LogP contribution in [0.2, 0.25) is 0 Å². The van der Waals surface area contributed by atoms with Gasteiger partial charge in [-0.1, -0.05) is 18.5 Å². The maximum atomic E-state index is 6.25. The molecule has 0 radical (unpaired) electrons. The minimum atomic E-state index is -0.164. The van der Waals surface area contributed by atoms with Gasteiger partial charge in [-0.15, -0.1) is 0 Å². The molecule has 3 unspecified atom stereocenters. The van der Waals surface area contributed by atoms with Crippen LogP contribution >= 0.6 is 0 Å². The van der Waals surface area contributed by atoms with Gasteiger partial charge in [-0.3, -0.25) is 0 Å². The van der Waals surface area contributed by atoms with Crippen molar-refractivity contribution in [3.63, 3.8) is 0 Å². The smallest absolute Gasteiger partial charge is 0.232 e. The van der Waals surface area contributed by atoms with Gasteiger partial charge in [0, 0.05) is 13.2 Å². The summed E-state index contributed by atoms with van der Waals surface area (Å²) in [5.41, 5.74) is 6.25. The summed E-state index contributed by atoms with van der Waals surface area (Å²) in [6.45, 7) is 5.99. The van der Waals surface area contributed by atoms with Crippen LogP contribution in [-0.2, 0) is 4.74 Å². The Morgan fingerprint density at radius 1 is 1.33 bits per heavy atom. The third kappa shape index (κ3) is 3.44. The molecular weight excluding hydrogens is 268 g/mol. The van der Waals surface area contributed by atoms with Gasteiger partial charge >= 0.3 is 0 Å². The van der Waals surface area contributed by atoms with E-state index in [4.69, 9.17) is 15.0 Å². The van der Waals surface area contributed by atoms with Crippen LogP contribution in [0.1, 0.15) is 62.7 Å². The number of aromatic nitrogens is 2. The fourth-order valence-corrected chi connectivity index (χ4v) is 3.38. The van der Waals surface area contributed by atoms with Crippen LogP contribution in [-0.4, -0.2) is 47.4 Å². The summed E-state index contributed by atoms with van der Waals surface area (Å²) in [6, 6.07) is -0.164. The monoisotopic (exact) mass is 294 g/mol. The minimum absolute atomic E-state index is 0.164. The summed E-state index contributed by atoms with van der Waals surface area (Å²) < 4.78 is 11.1. The maximum absolute atomic E-state index is 6.25. The molecule has 6 nitrogen and oxygen atoms in total. The van der Waals surface area contributed by atoms with Gasteiger partial charge in [0.25, 0.3) is 0 Å². The van der Waals surface area contributed by atoms with E-state index >= 15 is 0 Å². The molecule has 0 saturated carbocycles. The summed E-state index contributed by atoms with van der Waals surface area (Å²) >= 11 is 0. The summed E-state index contributed by atoms with van der Waals surface area (Å²) in [6.07, 6.45) is 6.00. The molecule has 21 heavy (non-hydrogen) atoms. The van der Waals surface area contributed by atoms with E-state index in [2.05, 4.69) is 22.0 Å². The van der Waals surface area contributed by atoms with E-state index in [0.717, 1.165) is 39.1 Å². The largest absolute Gasteiger partial charge is 0.377 e. The van der Waals surface area contributed by atoms with Crippen molar-refractivity contribution in [2.75, 3.05) is 26.2 Å². The van der Waals surface area contributed by atoms with Crippen molar-refractivity contribution < 1.29 is 9.26 Å². The number of nitrogens with zero attached hydrogens (tertiary/aromatic N) is 3. The number of nitrogens with two attached hydrogens (primary N) is 1. The van der Waals surface area contributed by atoms with E-state index in [1.54, 1.807) is 0 Å². The van der Waals surface area contributed by atoms with Crippen molar-refractivity contribution >= 4 is 0 Å². The van der Waals surface area contributed by atoms with Gasteiger partial charge in [0.2, 0.25) is 5.89 Å². The van der Waals surface area contributed by atoms with Gasteiger partial charge in [0.15, 0.2) is 5.82 Å². The summed E-state index contributed by atoms with van der Waals surface area (Å²) in [5, 5.41) is 4.10. The number of hydrogen-bond acceptors (Lipinski definition) is 6. The molecule has 0 amide bonds. The van der Waals surface area contributed by atoms with E-state index in [-0.39, 0.29) is 18.1 Å². The molecule has 0 aromatic carbocycles. The highest BCUT2D eigenvalue weighted by atomic mass is 16.5. The van der Waals surface area contributed by atoms with Gasteiger partial charge in [0.05, 0.1) is 18.1 Å². The van der Waals surface area contributed by atoms with Gasteiger partial charge in [-0.05, 0) is 38.8 Å². The first-order chi connectivity index (χ1) is 10.3. The lowest BCUT2D eigenvalue weighted by atomic mass is 10.00. The second-order valence-electron chi connectivity index (χ2n) is 6.17. The zero-order chi connectivity index (χ0) is 14.7. The first-order valence-electron chi connectivity index (χ1n) is 8.21. The van der Waals surface area contributed by atoms with Crippen molar-refractivity contribution in [1.29, 1.82) is 0 Å². The highest BCUT2D eigenvalue weighted by Crippen LogP contribution is 2.32. The van der Waals surface area contributed by atoms with Crippen LogP contribution in [0, 0.1) is 0 Å². The number of likely N-dealkylation sites (tertiary alicyclic amines) is 1. The van der Waals surface area contributed by atoms with E-state index in [0.29, 0.717) is 11.7 Å². The lowest BCUT2D eigenvalue weighted by Gasteiger charge is -2.27. The zero-order valence-corrected chi connectivity index (χ0v) is 12.8. The first-order valence-corrected chi connectivity index (χ1v) is 8.21. The second kappa shape index (κ2) is 6.85. The number of ether oxygens (including phenoxy) is 1. The Morgan fingerprint density at radius 2 is 2.14 bits per heavy atom. The van der Waals surface area contributed by atoms with Crippen LogP contribution < -0.4 is 5.73 Å². The normalized spacial score (nSPS) is 28.9. The maximum Gasteiger partial charge on any atom is 0.232 e. The Labute approximate surface area is 126 Å². The molecular formula is C15H26N4O2. The SMILES string of the molecule is CCC1OCCC1c1nc(C(N)CN2CCCCC2)no1. The van der Waals surface area contributed by atoms with Crippen molar-refractivity contribution in [3.8, 4) is 0 Å². The Balaban J connectivity index is 1.61. The Hall–Kier alpha value is -0.980. The summed E-state index contributed by atoms with van der Waals surface area (Å²) in [4.78, 5) is 6.95. The third-order valence-electron chi connectivity index (χ3n) is 4.62. The first kappa shape index (κ1) is 14.9. The van der Waals surface area contributed by atoms with Gasteiger partial charge in [0.1, 0.15) is 0 Å². The van der Waals surface area contributed by atoms with Crippen molar-refractivity contribution in [1.82, 2.24) is 15.0 Å². The molecule has 0 aliphatic carbocycles. The average Bonchev–Trinajstić information content (AvgIpc) is 3.16. The van der Waals surface area contributed by atoms with E-state index in [9.17, 15) is 0 Å². The van der Waals surface area contributed by atoms with E-state index in [1.165, 1.54) is 19.3 Å². The zero-order valence-electron chi connectivity index (χ0n) is 12.8. The fraction of sp³-hybridized carbons (Fsp3) is 0.867. The lowest BCUT2D eigenvalue weighted by molar-refractivity contribution is 0.0953. The number of hydrogen-bond donors (Lipinski definition) is 1. The molecule has 118 valence electrons. The summed E-state index contributed by atoms with van der Waals surface area (Å²) in [7, 11) is 0. The molecule has 3 rings (SSSR count). The predicted molar refractivity (Wildman–Crippen MR) is 78.9 cm³/mol. The standard InChI is InChI=1S/C15H26N4O2/c1-2-13-11(6-9-20-13)15-17-14(18-21-15)12(16)10-19-7-4-3-5-8-19/h11-13H,2-10,16H2,1H3. The van der Waals surface area contributed by atoms with Crippen LogP contribution in [0.15, 0.2) is 4.52 Å². The third-order valence-corrected chi connectivity index (χ3v) is 4.62. The second-order valence-corrected chi connectivity index (χ2v) is 6.17. The molecule has 1 aromatic heterocycles.